The monoisotopic (exact) mass is 368 g/mol. The number of hydrogen-bond donors (Lipinski definition) is 2. The van der Waals surface area contributed by atoms with Crippen molar-refractivity contribution in [3.05, 3.63) is 35.6 Å². The van der Waals surface area contributed by atoms with Gasteiger partial charge in [0.1, 0.15) is 5.82 Å². The van der Waals surface area contributed by atoms with E-state index in [0.717, 1.165) is 44.3 Å². The van der Waals surface area contributed by atoms with E-state index in [1.807, 2.05) is 12.1 Å². The van der Waals surface area contributed by atoms with Gasteiger partial charge in [0.25, 0.3) is 0 Å². The molecule has 3 nitrogen and oxygen atoms in total. The number of piperidine rings is 1. The van der Waals surface area contributed by atoms with Crippen molar-refractivity contribution < 1.29 is 9.18 Å². The molecule has 1 aliphatic heterocycles. The number of carbonyl (C=O) groups excluding carboxylic acids is 1. The maximum atomic E-state index is 13.2. The second-order valence-corrected chi connectivity index (χ2v) is 7.63. The summed E-state index contributed by atoms with van der Waals surface area (Å²) in [5.74, 6) is 0.898. The molecule has 2 fully saturated rings. The van der Waals surface area contributed by atoms with E-state index < -0.39 is 0 Å². The van der Waals surface area contributed by atoms with E-state index in [-0.39, 0.29) is 29.7 Å². The Morgan fingerprint density at radius 2 is 1.96 bits per heavy atom. The highest BCUT2D eigenvalue weighted by atomic mass is 35.5. The van der Waals surface area contributed by atoms with Crippen LogP contribution < -0.4 is 10.6 Å². The largest absolute Gasteiger partial charge is 0.347 e. The van der Waals surface area contributed by atoms with Gasteiger partial charge in [-0.2, -0.15) is 0 Å². The van der Waals surface area contributed by atoms with Crippen molar-refractivity contribution in [2.75, 3.05) is 13.1 Å². The van der Waals surface area contributed by atoms with E-state index in [2.05, 4.69) is 17.6 Å². The van der Waals surface area contributed by atoms with Crippen LogP contribution in [0.1, 0.15) is 57.4 Å². The van der Waals surface area contributed by atoms with Crippen molar-refractivity contribution in [2.45, 2.75) is 57.4 Å². The maximum Gasteiger partial charge on any atom is 0.220 e. The van der Waals surface area contributed by atoms with Crippen molar-refractivity contribution in [3.63, 3.8) is 0 Å². The van der Waals surface area contributed by atoms with Crippen LogP contribution in [0.15, 0.2) is 24.3 Å². The van der Waals surface area contributed by atoms with Gasteiger partial charge in [0.05, 0.1) is 5.54 Å². The summed E-state index contributed by atoms with van der Waals surface area (Å²) in [7, 11) is 0. The number of halogens is 2. The smallest absolute Gasteiger partial charge is 0.220 e. The van der Waals surface area contributed by atoms with Gasteiger partial charge in [-0.25, -0.2) is 4.39 Å². The minimum atomic E-state index is -0.296. The van der Waals surface area contributed by atoms with Crippen LogP contribution in [-0.4, -0.2) is 19.0 Å². The predicted molar refractivity (Wildman–Crippen MR) is 101 cm³/mol. The van der Waals surface area contributed by atoms with Gasteiger partial charge in [0.15, 0.2) is 0 Å². The van der Waals surface area contributed by atoms with Gasteiger partial charge in [-0.1, -0.05) is 31.9 Å². The van der Waals surface area contributed by atoms with Crippen LogP contribution in [0.2, 0.25) is 0 Å². The zero-order valence-electron chi connectivity index (χ0n) is 15.0. The Bertz CT molecular complexity index is 551. The van der Waals surface area contributed by atoms with E-state index in [0.29, 0.717) is 18.3 Å². The summed E-state index contributed by atoms with van der Waals surface area (Å²) in [4.78, 5) is 12.7. The maximum absolute atomic E-state index is 13.2. The molecule has 0 bridgehead atoms. The Balaban J connectivity index is 0.00000225. The molecule has 25 heavy (non-hydrogen) atoms. The van der Waals surface area contributed by atoms with Gasteiger partial charge in [-0.15, -0.1) is 12.4 Å². The highest BCUT2D eigenvalue weighted by Crippen LogP contribution is 2.39. The third-order valence-electron chi connectivity index (χ3n) is 5.88. The standard InChI is InChI=1S/C20H29FN2O.ClH/c1-15(16-5-4-12-22-14-16)13-19(24)23-20(10-2-3-11-20)17-6-8-18(21)9-7-17;/h6-9,15-16,22H,2-5,10-14H2,1H3,(H,23,24);1H. The van der Waals surface area contributed by atoms with Crippen LogP contribution >= 0.6 is 12.4 Å². The van der Waals surface area contributed by atoms with Gasteiger partial charge >= 0.3 is 0 Å². The summed E-state index contributed by atoms with van der Waals surface area (Å²) in [5, 5.41) is 6.75. The zero-order valence-corrected chi connectivity index (χ0v) is 15.8. The molecule has 1 aromatic carbocycles. The third kappa shape index (κ3) is 4.95. The van der Waals surface area contributed by atoms with Crippen molar-refractivity contribution in [1.29, 1.82) is 0 Å². The van der Waals surface area contributed by atoms with Crippen LogP contribution in [0.4, 0.5) is 4.39 Å². The van der Waals surface area contributed by atoms with Gasteiger partial charge in [-0.05, 0) is 68.3 Å². The lowest BCUT2D eigenvalue weighted by Crippen LogP contribution is -2.45. The summed E-state index contributed by atoms with van der Waals surface area (Å²) >= 11 is 0. The molecule has 2 atom stereocenters. The minimum Gasteiger partial charge on any atom is -0.347 e. The molecule has 1 saturated heterocycles. The molecule has 1 aliphatic carbocycles. The van der Waals surface area contributed by atoms with Gasteiger partial charge in [0, 0.05) is 6.42 Å². The van der Waals surface area contributed by atoms with Gasteiger partial charge in [0.2, 0.25) is 5.91 Å². The zero-order chi connectivity index (χ0) is 17.0. The number of hydrogen-bond acceptors (Lipinski definition) is 2. The van der Waals surface area contributed by atoms with E-state index in [1.54, 1.807) is 0 Å². The first-order chi connectivity index (χ1) is 11.6. The van der Waals surface area contributed by atoms with Gasteiger partial charge < -0.3 is 10.6 Å². The fourth-order valence-electron chi connectivity index (χ4n) is 4.37. The molecule has 3 rings (SSSR count). The first kappa shape index (κ1) is 20.2. The SMILES string of the molecule is CC(CC(=O)NC1(c2ccc(F)cc2)CCCC1)C1CCCNC1.Cl. The first-order valence-corrected chi connectivity index (χ1v) is 9.37. The topological polar surface area (TPSA) is 41.1 Å². The summed E-state index contributed by atoms with van der Waals surface area (Å²) in [6.45, 7) is 4.32. The molecular weight excluding hydrogens is 339 g/mol. The van der Waals surface area contributed by atoms with E-state index >= 15 is 0 Å². The lowest BCUT2D eigenvalue weighted by atomic mass is 9.84. The predicted octanol–water partition coefficient (Wildman–Crippen LogP) is 4.16. The summed E-state index contributed by atoms with van der Waals surface area (Å²) in [6.07, 6.45) is 7.11. The van der Waals surface area contributed by atoms with E-state index in [9.17, 15) is 9.18 Å². The summed E-state index contributed by atoms with van der Waals surface area (Å²) < 4.78 is 13.2. The molecule has 2 unspecified atom stereocenters. The van der Waals surface area contributed by atoms with Crippen molar-refractivity contribution in [1.82, 2.24) is 10.6 Å². The molecular formula is C20H30ClFN2O. The molecule has 1 aromatic rings. The average Bonchev–Trinajstić information content (AvgIpc) is 3.05. The van der Waals surface area contributed by atoms with Crippen LogP contribution in [0.25, 0.3) is 0 Å². The molecule has 1 saturated carbocycles. The van der Waals surface area contributed by atoms with Gasteiger partial charge in [-0.3, -0.25) is 4.79 Å². The Labute approximate surface area is 156 Å². The minimum absolute atomic E-state index is 0. The highest BCUT2D eigenvalue weighted by molar-refractivity contribution is 5.85. The lowest BCUT2D eigenvalue weighted by molar-refractivity contribution is -0.124. The summed E-state index contributed by atoms with van der Waals surface area (Å²) in [6, 6.07) is 6.65. The molecule has 1 heterocycles. The Morgan fingerprint density at radius 1 is 1.28 bits per heavy atom. The second kappa shape index (κ2) is 9.00. The number of carbonyl (C=O) groups is 1. The molecule has 2 N–H and O–H groups in total. The normalized spacial score (nSPS) is 23.5. The lowest BCUT2D eigenvalue weighted by Gasteiger charge is -2.33. The number of nitrogens with one attached hydrogen (secondary N) is 2. The number of benzene rings is 1. The van der Waals surface area contributed by atoms with Crippen molar-refractivity contribution >= 4 is 18.3 Å². The highest BCUT2D eigenvalue weighted by Gasteiger charge is 2.37. The Morgan fingerprint density at radius 3 is 2.56 bits per heavy atom. The number of amides is 1. The molecule has 140 valence electrons. The molecule has 1 amide bonds. The van der Waals surface area contributed by atoms with Crippen LogP contribution in [0, 0.1) is 17.7 Å². The first-order valence-electron chi connectivity index (χ1n) is 9.37. The number of rotatable bonds is 5. The molecule has 2 aliphatic rings. The Kier molecular flexibility index (Phi) is 7.26. The molecule has 0 aromatic heterocycles. The quantitative estimate of drug-likeness (QED) is 0.819. The third-order valence-corrected chi connectivity index (χ3v) is 5.88. The van der Waals surface area contributed by atoms with Crippen LogP contribution in [-0.2, 0) is 10.3 Å². The van der Waals surface area contributed by atoms with Crippen molar-refractivity contribution in [2.24, 2.45) is 11.8 Å². The average molecular weight is 369 g/mol. The van der Waals surface area contributed by atoms with Crippen LogP contribution in [0.3, 0.4) is 0 Å². The van der Waals surface area contributed by atoms with Crippen LogP contribution in [0.5, 0.6) is 0 Å². The second-order valence-electron chi connectivity index (χ2n) is 7.63. The molecule has 0 spiro atoms. The van der Waals surface area contributed by atoms with E-state index in [4.69, 9.17) is 0 Å². The van der Waals surface area contributed by atoms with E-state index in [1.165, 1.54) is 25.0 Å². The fraction of sp³-hybridized carbons (Fsp3) is 0.650. The molecule has 5 heteroatoms. The van der Waals surface area contributed by atoms with Crippen molar-refractivity contribution in [3.8, 4) is 0 Å². The summed E-state index contributed by atoms with van der Waals surface area (Å²) in [5.41, 5.74) is 0.747. The fourth-order valence-corrected chi connectivity index (χ4v) is 4.37. The Hall–Kier alpha value is -1.13. The molecule has 0 radical (unpaired) electrons.